The zero-order valence-electron chi connectivity index (χ0n) is 14.4. The molecule has 0 fully saturated rings. The number of aromatic nitrogens is 2. The summed E-state index contributed by atoms with van der Waals surface area (Å²) in [6, 6.07) is 5.52. The van der Waals surface area contributed by atoms with Crippen LogP contribution in [0.3, 0.4) is 0 Å². The van der Waals surface area contributed by atoms with Gasteiger partial charge in [-0.25, -0.2) is 4.79 Å². The van der Waals surface area contributed by atoms with Gasteiger partial charge in [-0.3, -0.25) is 10.1 Å². The van der Waals surface area contributed by atoms with Gasteiger partial charge in [0, 0.05) is 17.7 Å². The second kappa shape index (κ2) is 8.03. The zero-order valence-corrected chi connectivity index (χ0v) is 14.4. The summed E-state index contributed by atoms with van der Waals surface area (Å²) in [5.41, 5.74) is 6.34. The molecule has 1 aromatic carbocycles. The van der Waals surface area contributed by atoms with Crippen molar-refractivity contribution < 1.29 is 19.5 Å². The van der Waals surface area contributed by atoms with Crippen LogP contribution in [0.1, 0.15) is 30.6 Å². The number of oxime groups is 1. The normalized spacial score (nSPS) is 12.4. The van der Waals surface area contributed by atoms with Gasteiger partial charge in [0.15, 0.2) is 11.9 Å². The van der Waals surface area contributed by atoms with E-state index in [2.05, 4.69) is 10.3 Å². The van der Waals surface area contributed by atoms with Crippen LogP contribution in [0.2, 0.25) is 0 Å². The third kappa shape index (κ3) is 4.42. The number of amidine groups is 1. The number of nitrogens with zero attached hydrogens (tertiary/aromatic N) is 5. The van der Waals surface area contributed by atoms with Crippen LogP contribution in [0.4, 0.5) is 11.5 Å². The standard InChI is InChI=1S/C15H16N6O6/c1-3-12(19-9(2)8-13(17-19)21(25)26)15(22)27-18-14(16)10-4-6-11(7-5-10)20(23)24/h4-8,12H,3H2,1-2H3,(H2,16,18). The molecule has 1 aromatic heterocycles. The van der Waals surface area contributed by atoms with E-state index in [4.69, 9.17) is 10.6 Å². The Bertz CT molecular complexity index is 904. The molecule has 12 nitrogen and oxygen atoms in total. The van der Waals surface area contributed by atoms with Gasteiger partial charge in [0.25, 0.3) is 5.69 Å². The Morgan fingerprint density at radius 3 is 2.41 bits per heavy atom. The Hall–Kier alpha value is -3.83. The molecule has 2 aromatic rings. The Labute approximate surface area is 152 Å². The highest BCUT2D eigenvalue weighted by Gasteiger charge is 2.28. The molecule has 1 heterocycles. The lowest BCUT2D eigenvalue weighted by atomic mass is 10.2. The number of hydrogen-bond donors (Lipinski definition) is 1. The number of nitro benzene ring substituents is 1. The van der Waals surface area contributed by atoms with Gasteiger partial charge in [-0.05, 0) is 30.4 Å². The average Bonchev–Trinajstić information content (AvgIpc) is 3.02. The second-order valence-electron chi connectivity index (χ2n) is 5.46. The fraction of sp³-hybridized carbons (Fsp3) is 0.267. The van der Waals surface area contributed by atoms with Crippen molar-refractivity contribution in [2.75, 3.05) is 0 Å². The summed E-state index contributed by atoms with van der Waals surface area (Å²) in [6.07, 6.45) is 0.255. The maximum atomic E-state index is 12.3. The summed E-state index contributed by atoms with van der Waals surface area (Å²) in [6.45, 7) is 3.26. The van der Waals surface area contributed by atoms with Gasteiger partial charge in [-0.1, -0.05) is 12.1 Å². The van der Waals surface area contributed by atoms with E-state index in [1.807, 2.05) is 0 Å². The van der Waals surface area contributed by atoms with E-state index in [1.165, 1.54) is 35.0 Å². The van der Waals surface area contributed by atoms with E-state index in [1.54, 1.807) is 13.8 Å². The van der Waals surface area contributed by atoms with Crippen LogP contribution in [0.15, 0.2) is 35.5 Å². The minimum absolute atomic E-state index is 0.120. The molecule has 0 bridgehead atoms. The highest BCUT2D eigenvalue weighted by atomic mass is 16.7. The first kappa shape index (κ1) is 19.5. The first-order valence-corrected chi connectivity index (χ1v) is 7.74. The molecule has 1 atom stereocenters. The lowest BCUT2D eigenvalue weighted by Gasteiger charge is -2.10. The Morgan fingerprint density at radius 1 is 1.30 bits per heavy atom. The monoisotopic (exact) mass is 376 g/mol. The van der Waals surface area contributed by atoms with Gasteiger partial charge in [0.05, 0.1) is 21.8 Å². The Kier molecular flexibility index (Phi) is 5.80. The van der Waals surface area contributed by atoms with Crippen molar-refractivity contribution in [2.24, 2.45) is 10.9 Å². The molecule has 142 valence electrons. The number of non-ortho nitro benzene ring substituents is 1. The minimum Gasteiger partial charge on any atom is -0.380 e. The lowest BCUT2D eigenvalue weighted by molar-refractivity contribution is -0.389. The molecular weight excluding hydrogens is 360 g/mol. The number of carbonyl (C=O) groups is 1. The predicted molar refractivity (Wildman–Crippen MR) is 92.9 cm³/mol. The summed E-state index contributed by atoms with van der Waals surface area (Å²) in [4.78, 5) is 37.3. The van der Waals surface area contributed by atoms with Crippen molar-refractivity contribution >= 4 is 23.3 Å². The SMILES string of the molecule is CCC(C(=O)O/N=C(\N)c1ccc([N+](=O)[O-])cc1)n1nc([N+](=O)[O-])cc1C. The minimum atomic E-state index is -0.924. The van der Waals surface area contributed by atoms with E-state index < -0.39 is 21.9 Å². The first-order chi connectivity index (χ1) is 12.7. The van der Waals surface area contributed by atoms with Gasteiger partial charge in [0.1, 0.15) is 0 Å². The van der Waals surface area contributed by atoms with E-state index in [9.17, 15) is 25.0 Å². The highest BCUT2D eigenvalue weighted by molar-refractivity contribution is 5.97. The van der Waals surface area contributed by atoms with Crippen LogP contribution in [0, 0.1) is 27.2 Å². The average molecular weight is 376 g/mol. The van der Waals surface area contributed by atoms with Crippen LogP contribution < -0.4 is 5.73 Å². The largest absolute Gasteiger partial charge is 0.390 e. The molecule has 1 unspecified atom stereocenters. The molecule has 2 rings (SSSR count). The molecule has 0 aliphatic rings. The molecule has 0 aliphatic heterocycles. The second-order valence-corrected chi connectivity index (χ2v) is 5.46. The summed E-state index contributed by atoms with van der Waals surface area (Å²) < 4.78 is 1.19. The topological polar surface area (TPSA) is 169 Å². The van der Waals surface area contributed by atoms with Gasteiger partial charge < -0.3 is 20.7 Å². The number of carbonyl (C=O) groups excluding carboxylic acids is 1. The van der Waals surface area contributed by atoms with Crippen LogP contribution in [0.25, 0.3) is 0 Å². The van der Waals surface area contributed by atoms with Crippen molar-refractivity contribution in [3.05, 3.63) is 61.8 Å². The molecular formula is C15H16N6O6. The summed E-state index contributed by atoms with van der Waals surface area (Å²) in [7, 11) is 0. The van der Waals surface area contributed by atoms with Gasteiger partial charge in [0.2, 0.25) is 0 Å². The number of nitro groups is 2. The van der Waals surface area contributed by atoms with Gasteiger partial charge in [-0.2, -0.15) is 4.68 Å². The molecule has 0 saturated carbocycles. The Balaban J connectivity index is 2.15. The summed E-state index contributed by atoms with van der Waals surface area (Å²) in [5, 5.41) is 28.8. The third-order valence-corrected chi connectivity index (χ3v) is 3.66. The van der Waals surface area contributed by atoms with Crippen molar-refractivity contribution in [1.82, 2.24) is 9.78 Å². The van der Waals surface area contributed by atoms with E-state index in [0.717, 1.165) is 0 Å². The predicted octanol–water partition coefficient (Wildman–Crippen LogP) is 1.82. The van der Waals surface area contributed by atoms with Crippen molar-refractivity contribution in [1.29, 1.82) is 0 Å². The van der Waals surface area contributed by atoms with Crippen molar-refractivity contribution in [2.45, 2.75) is 26.3 Å². The maximum absolute atomic E-state index is 12.3. The maximum Gasteiger partial charge on any atom is 0.390 e. The number of benzene rings is 1. The molecule has 0 amide bonds. The fourth-order valence-corrected chi connectivity index (χ4v) is 2.28. The molecule has 0 saturated heterocycles. The van der Waals surface area contributed by atoms with Gasteiger partial charge in [-0.15, -0.1) is 0 Å². The van der Waals surface area contributed by atoms with E-state index in [-0.39, 0.29) is 23.8 Å². The Morgan fingerprint density at radius 2 is 1.93 bits per heavy atom. The first-order valence-electron chi connectivity index (χ1n) is 7.74. The molecule has 12 heteroatoms. The molecule has 27 heavy (non-hydrogen) atoms. The number of hydrogen-bond acceptors (Lipinski definition) is 8. The third-order valence-electron chi connectivity index (χ3n) is 3.66. The van der Waals surface area contributed by atoms with E-state index >= 15 is 0 Å². The van der Waals surface area contributed by atoms with Crippen LogP contribution in [-0.4, -0.2) is 31.4 Å². The van der Waals surface area contributed by atoms with Crippen molar-refractivity contribution in [3.63, 3.8) is 0 Å². The number of rotatable bonds is 7. The van der Waals surface area contributed by atoms with Crippen LogP contribution >= 0.6 is 0 Å². The quantitative estimate of drug-likeness (QED) is 0.251. The fourth-order valence-electron chi connectivity index (χ4n) is 2.28. The molecule has 0 aliphatic carbocycles. The highest BCUT2D eigenvalue weighted by Crippen LogP contribution is 2.20. The zero-order chi connectivity index (χ0) is 20.1. The van der Waals surface area contributed by atoms with Crippen LogP contribution in [0.5, 0.6) is 0 Å². The smallest absolute Gasteiger partial charge is 0.380 e. The number of nitrogens with two attached hydrogens (primary N) is 1. The summed E-state index contributed by atoms with van der Waals surface area (Å²) >= 11 is 0. The van der Waals surface area contributed by atoms with Gasteiger partial charge >= 0.3 is 11.8 Å². The summed E-state index contributed by atoms with van der Waals surface area (Å²) in [5.74, 6) is -1.34. The lowest BCUT2D eigenvalue weighted by Crippen LogP contribution is -2.23. The molecule has 2 N–H and O–H groups in total. The van der Waals surface area contributed by atoms with Crippen LogP contribution in [-0.2, 0) is 9.63 Å². The molecule has 0 radical (unpaired) electrons. The van der Waals surface area contributed by atoms with Crippen molar-refractivity contribution in [3.8, 4) is 0 Å². The molecule has 0 spiro atoms. The van der Waals surface area contributed by atoms with E-state index in [0.29, 0.717) is 11.3 Å². The number of aryl methyl sites for hydroxylation is 1.